The molecule has 0 spiro atoms. The first-order valence-corrected chi connectivity index (χ1v) is 16.4. The minimum absolute atomic E-state index is 0.896. The van der Waals surface area contributed by atoms with Gasteiger partial charge in [-0.05, 0) is 81.2 Å². The van der Waals surface area contributed by atoms with Crippen LogP contribution in [0.4, 0.5) is 17.1 Å². The van der Waals surface area contributed by atoms with Crippen LogP contribution in [0.3, 0.4) is 0 Å². The van der Waals surface area contributed by atoms with E-state index in [4.69, 9.17) is 4.42 Å². The summed E-state index contributed by atoms with van der Waals surface area (Å²) in [6.45, 7) is 0. The lowest BCUT2D eigenvalue weighted by Gasteiger charge is -2.28. The van der Waals surface area contributed by atoms with Crippen LogP contribution in [0.2, 0.25) is 0 Å². The predicted molar refractivity (Wildman–Crippen MR) is 202 cm³/mol. The quantitative estimate of drug-likeness (QED) is 0.185. The summed E-state index contributed by atoms with van der Waals surface area (Å²) < 4.78 is 6.65. The molecule has 0 aliphatic carbocycles. The van der Waals surface area contributed by atoms with Crippen molar-refractivity contribution >= 4 is 49.8 Å². The van der Waals surface area contributed by atoms with E-state index in [9.17, 15) is 0 Å². The largest absolute Gasteiger partial charge is 0.455 e. The second-order valence-corrected chi connectivity index (χ2v) is 12.1. The van der Waals surface area contributed by atoms with Gasteiger partial charge in [-0.3, -0.25) is 0 Å². The van der Waals surface area contributed by atoms with Crippen molar-refractivity contribution in [1.82, 2.24) is 0 Å². The van der Waals surface area contributed by atoms with E-state index in [-0.39, 0.29) is 0 Å². The summed E-state index contributed by atoms with van der Waals surface area (Å²) in [4.78, 5) is 2.38. The summed E-state index contributed by atoms with van der Waals surface area (Å²) in [5.74, 6) is 0. The number of fused-ring (bicyclic) bond motifs is 5. The molecular weight excluding hydrogens is 583 g/mol. The molecule has 2 heteroatoms. The number of anilines is 3. The lowest BCUT2D eigenvalue weighted by atomic mass is 9.93. The van der Waals surface area contributed by atoms with Crippen molar-refractivity contribution in [3.63, 3.8) is 0 Å². The van der Waals surface area contributed by atoms with Gasteiger partial charge in [0.1, 0.15) is 11.2 Å². The Morgan fingerprint density at radius 3 is 1.71 bits per heavy atom. The summed E-state index contributed by atoms with van der Waals surface area (Å²) in [5.41, 5.74) is 12.1. The van der Waals surface area contributed by atoms with Crippen LogP contribution >= 0.6 is 0 Å². The van der Waals surface area contributed by atoms with Gasteiger partial charge in [0.25, 0.3) is 0 Å². The van der Waals surface area contributed by atoms with Gasteiger partial charge in [0.05, 0.1) is 5.69 Å². The van der Waals surface area contributed by atoms with E-state index in [1.165, 1.54) is 33.4 Å². The van der Waals surface area contributed by atoms with Crippen LogP contribution in [0.1, 0.15) is 0 Å². The first kappa shape index (κ1) is 27.9. The number of hydrogen-bond donors (Lipinski definition) is 0. The van der Waals surface area contributed by atoms with E-state index in [2.05, 4.69) is 187 Å². The average Bonchev–Trinajstić information content (AvgIpc) is 3.55. The molecule has 0 saturated heterocycles. The summed E-state index contributed by atoms with van der Waals surface area (Å²) >= 11 is 0. The topological polar surface area (TPSA) is 16.4 Å². The van der Waals surface area contributed by atoms with Crippen molar-refractivity contribution in [3.8, 4) is 33.4 Å². The van der Waals surface area contributed by atoms with Gasteiger partial charge in [-0.25, -0.2) is 0 Å². The molecule has 9 aromatic rings. The molecule has 8 aromatic carbocycles. The highest BCUT2D eigenvalue weighted by atomic mass is 16.3. The van der Waals surface area contributed by atoms with Crippen LogP contribution in [0.15, 0.2) is 192 Å². The summed E-state index contributed by atoms with van der Waals surface area (Å²) in [5, 5.41) is 4.47. The number of nitrogens with zero attached hydrogens (tertiary/aromatic N) is 1. The van der Waals surface area contributed by atoms with E-state index < -0.39 is 0 Å². The molecule has 0 fully saturated rings. The third-order valence-corrected chi connectivity index (χ3v) is 9.27. The van der Waals surface area contributed by atoms with Gasteiger partial charge in [0, 0.05) is 27.5 Å². The molecule has 2 nitrogen and oxygen atoms in total. The smallest absolute Gasteiger partial charge is 0.145 e. The maximum atomic E-state index is 6.65. The zero-order valence-electron chi connectivity index (χ0n) is 26.3. The van der Waals surface area contributed by atoms with Gasteiger partial charge >= 0.3 is 0 Å². The molecule has 0 saturated carbocycles. The van der Waals surface area contributed by atoms with Crippen LogP contribution in [-0.4, -0.2) is 0 Å². The molecule has 0 N–H and O–H groups in total. The minimum atomic E-state index is 0.896. The molecule has 0 radical (unpaired) electrons. The Morgan fingerprint density at radius 2 is 0.979 bits per heavy atom. The molecule has 0 atom stereocenters. The van der Waals surface area contributed by atoms with Crippen molar-refractivity contribution < 1.29 is 4.42 Å². The summed E-state index contributed by atoms with van der Waals surface area (Å²) in [6.07, 6.45) is 0. The predicted octanol–water partition coefficient (Wildman–Crippen LogP) is 13.2. The molecule has 0 aliphatic rings. The lowest BCUT2D eigenvalue weighted by molar-refractivity contribution is 0.672. The third kappa shape index (κ3) is 4.83. The zero-order valence-corrected chi connectivity index (χ0v) is 26.3. The van der Waals surface area contributed by atoms with Crippen molar-refractivity contribution in [2.45, 2.75) is 0 Å². The van der Waals surface area contributed by atoms with E-state index in [1.54, 1.807) is 0 Å². The Bertz CT molecular complexity index is 2530. The zero-order chi connectivity index (χ0) is 31.9. The normalized spacial score (nSPS) is 11.3. The standard InChI is InChI=1S/C46H31NO/c1-4-13-32(14-5-1)33-23-26-37(27-24-33)47(38-28-30-39(34-15-6-2-7-16-34)42(31-38)35-17-8-3-9-18-35)43-21-12-19-36-25-29-41-40-20-10-11-22-44(40)48-46(41)45(36)43/h1-31H. The molecular formula is C46H31NO. The Kier molecular flexibility index (Phi) is 6.84. The summed E-state index contributed by atoms with van der Waals surface area (Å²) in [7, 11) is 0. The highest BCUT2D eigenvalue weighted by molar-refractivity contribution is 6.19. The molecule has 1 heterocycles. The van der Waals surface area contributed by atoms with Crippen LogP contribution in [0, 0.1) is 0 Å². The van der Waals surface area contributed by atoms with Crippen LogP contribution in [0.25, 0.3) is 66.1 Å². The van der Waals surface area contributed by atoms with E-state index in [0.717, 1.165) is 49.8 Å². The van der Waals surface area contributed by atoms with Crippen molar-refractivity contribution in [2.75, 3.05) is 4.90 Å². The maximum Gasteiger partial charge on any atom is 0.145 e. The second-order valence-electron chi connectivity index (χ2n) is 12.1. The fourth-order valence-corrected chi connectivity index (χ4v) is 6.98. The Balaban J connectivity index is 1.31. The number of hydrogen-bond acceptors (Lipinski definition) is 2. The van der Waals surface area contributed by atoms with Gasteiger partial charge in [-0.15, -0.1) is 0 Å². The first-order chi connectivity index (χ1) is 23.8. The van der Waals surface area contributed by atoms with Gasteiger partial charge in [-0.1, -0.05) is 146 Å². The first-order valence-electron chi connectivity index (χ1n) is 16.4. The van der Waals surface area contributed by atoms with Crippen LogP contribution in [0.5, 0.6) is 0 Å². The molecule has 0 bridgehead atoms. The van der Waals surface area contributed by atoms with Gasteiger partial charge in [0.15, 0.2) is 0 Å². The molecule has 1 aromatic heterocycles. The molecule has 0 amide bonds. The molecule has 0 unspecified atom stereocenters. The SMILES string of the molecule is c1ccc(-c2ccc(N(c3ccc(-c4ccccc4)c(-c4ccccc4)c3)c3cccc4ccc5c6ccccc6oc5c34)cc2)cc1. The lowest BCUT2D eigenvalue weighted by Crippen LogP contribution is -2.11. The number of furan rings is 1. The van der Waals surface area contributed by atoms with Crippen molar-refractivity contribution in [1.29, 1.82) is 0 Å². The van der Waals surface area contributed by atoms with Gasteiger partial charge < -0.3 is 9.32 Å². The summed E-state index contributed by atoms with van der Waals surface area (Å²) in [6, 6.07) is 66.9. The minimum Gasteiger partial charge on any atom is -0.455 e. The van der Waals surface area contributed by atoms with Crippen LogP contribution in [-0.2, 0) is 0 Å². The monoisotopic (exact) mass is 613 g/mol. The van der Waals surface area contributed by atoms with E-state index in [1.807, 2.05) is 6.07 Å². The van der Waals surface area contributed by atoms with Crippen molar-refractivity contribution in [3.05, 3.63) is 188 Å². The molecule has 0 aliphatic heterocycles. The fourth-order valence-electron chi connectivity index (χ4n) is 6.98. The van der Waals surface area contributed by atoms with Gasteiger partial charge in [-0.2, -0.15) is 0 Å². The molecule has 48 heavy (non-hydrogen) atoms. The highest BCUT2D eigenvalue weighted by Crippen LogP contribution is 2.46. The number of rotatable bonds is 6. The third-order valence-electron chi connectivity index (χ3n) is 9.27. The average molecular weight is 614 g/mol. The van der Waals surface area contributed by atoms with Gasteiger partial charge in [0.2, 0.25) is 0 Å². The van der Waals surface area contributed by atoms with Crippen LogP contribution < -0.4 is 4.90 Å². The Labute approximate surface area is 279 Å². The second kappa shape index (κ2) is 11.8. The molecule has 226 valence electrons. The van der Waals surface area contributed by atoms with Crippen molar-refractivity contribution in [2.24, 2.45) is 0 Å². The van der Waals surface area contributed by atoms with E-state index in [0.29, 0.717) is 0 Å². The number of para-hydroxylation sites is 1. The Hall–Kier alpha value is -6.38. The highest BCUT2D eigenvalue weighted by Gasteiger charge is 2.21. The molecule has 9 rings (SSSR count). The fraction of sp³-hybridized carbons (Fsp3) is 0. The van der Waals surface area contributed by atoms with E-state index >= 15 is 0 Å². The maximum absolute atomic E-state index is 6.65. The number of benzene rings is 8. The Morgan fingerprint density at radius 1 is 0.375 bits per heavy atom.